The van der Waals surface area contributed by atoms with Gasteiger partial charge in [-0.25, -0.2) is 9.67 Å². The van der Waals surface area contributed by atoms with Crippen LogP contribution >= 0.6 is 11.3 Å². The average Bonchev–Trinajstić information content (AvgIpc) is 3.25. The summed E-state index contributed by atoms with van der Waals surface area (Å²) in [6.45, 7) is 2.88. The molecule has 5 nitrogen and oxygen atoms in total. The molecule has 0 saturated carbocycles. The zero-order valence-electron chi connectivity index (χ0n) is 15.2. The van der Waals surface area contributed by atoms with Crippen molar-refractivity contribution in [2.24, 2.45) is 5.92 Å². The van der Waals surface area contributed by atoms with Gasteiger partial charge in [-0.15, -0.1) is 11.3 Å². The summed E-state index contributed by atoms with van der Waals surface area (Å²) in [6, 6.07) is 1.84. The molecule has 0 aromatic carbocycles. The molecule has 0 atom stereocenters. The molecule has 0 radical (unpaired) electrons. The van der Waals surface area contributed by atoms with Gasteiger partial charge in [-0.05, 0) is 69.3 Å². The fraction of sp³-hybridized carbons (Fsp3) is 0.650. The first-order chi connectivity index (χ1) is 12.8. The molecule has 3 aliphatic rings. The van der Waals surface area contributed by atoms with Gasteiger partial charge in [-0.2, -0.15) is 5.10 Å². The molecule has 5 rings (SSSR count). The summed E-state index contributed by atoms with van der Waals surface area (Å²) in [5.41, 5.74) is 3.77. The van der Waals surface area contributed by atoms with E-state index in [-0.39, 0.29) is 5.56 Å². The summed E-state index contributed by atoms with van der Waals surface area (Å²) < 4.78 is 1.74. The van der Waals surface area contributed by atoms with Crippen LogP contribution in [0.5, 0.6) is 0 Å². The molecule has 0 spiro atoms. The van der Waals surface area contributed by atoms with Crippen molar-refractivity contribution < 1.29 is 0 Å². The molecule has 26 heavy (non-hydrogen) atoms. The van der Waals surface area contributed by atoms with Crippen LogP contribution in [0.4, 0.5) is 5.13 Å². The van der Waals surface area contributed by atoms with Crippen molar-refractivity contribution >= 4 is 16.5 Å². The van der Waals surface area contributed by atoms with Crippen molar-refractivity contribution in [3.63, 3.8) is 0 Å². The molecule has 1 fully saturated rings. The Morgan fingerprint density at radius 2 is 1.85 bits per heavy atom. The Hall–Kier alpha value is -1.69. The average molecular weight is 371 g/mol. The zero-order chi connectivity index (χ0) is 17.5. The maximum Gasteiger partial charge on any atom is 0.267 e. The first-order valence-corrected chi connectivity index (χ1v) is 10.9. The van der Waals surface area contributed by atoms with Crippen molar-refractivity contribution in [1.82, 2.24) is 14.8 Å². The first-order valence-electron chi connectivity index (χ1n) is 10.1. The molecule has 3 heterocycles. The Bertz CT molecular complexity index is 842. The third-order valence-corrected chi connectivity index (χ3v) is 7.39. The van der Waals surface area contributed by atoms with Gasteiger partial charge in [0.2, 0.25) is 0 Å². The molecule has 138 valence electrons. The first kappa shape index (κ1) is 16.5. The van der Waals surface area contributed by atoms with Crippen LogP contribution in [0.1, 0.15) is 53.9 Å². The predicted octanol–water partition coefficient (Wildman–Crippen LogP) is 2.98. The third kappa shape index (κ3) is 3.08. The van der Waals surface area contributed by atoms with E-state index in [1.54, 1.807) is 4.68 Å². The largest absolute Gasteiger partial charge is 0.348 e. The number of hydrogen-bond acceptors (Lipinski definition) is 5. The van der Waals surface area contributed by atoms with Crippen LogP contribution in [-0.2, 0) is 32.2 Å². The summed E-state index contributed by atoms with van der Waals surface area (Å²) in [5.74, 6) is 0.546. The van der Waals surface area contributed by atoms with E-state index in [0.717, 1.165) is 57.4 Å². The Kier molecular flexibility index (Phi) is 4.31. The maximum atomic E-state index is 12.4. The van der Waals surface area contributed by atoms with E-state index < -0.39 is 0 Å². The third-order valence-electron chi connectivity index (χ3n) is 6.17. The lowest BCUT2D eigenvalue weighted by Gasteiger charge is -2.32. The van der Waals surface area contributed by atoms with Crippen LogP contribution in [0.3, 0.4) is 0 Å². The van der Waals surface area contributed by atoms with Crippen molar-refractivity contribution in [2.45, 2.75) is 64.3 Å². The van der Waals surface area contributed by atoms with Gasteiger partial charge >= 0.3 is 0 Å². The summed E-state index contributed by atoms with van der Waals surface area (Å²) in [6.07, 6.45) is 10.3. The van der Waals surface area contributed by atoms with Gasteiger partial charge < -0.3 is 4.90 Å². The van der Waals surface area contributed by atoms with Crippen LogP contribution in [0.25, 0.3) is 0 Å². The molecule has 2 aromatic rings. The standard InChI is InChI=1S/C20H26N4OS/c25-19-12-15-4-1-2-5-16(15)22-24(19)13-14-8-10-23(11-9-14)20-21-17-6-3-7-18(17)26-20/h12,14H,1-11,13H2. The lowest BCUT2D eigenvalue weighted by molar-refractivity contribution is 0.332. The second kappa shape index (κ2) is 6.80. The van der Waals surface area contributed by atoms with E-state index in [1.165, 1.54) is 46.9 Å². The van der Waals surface area contributed by atoms with Gasteiger partial charge in [0.25, 0.3) is 5.56 Å². The summed E-state index contributed by atoms with van der Waals surface area (Å²) in [4.78, 5) is 21.2. The number of nitrogens with zero attached hydrogens (tertiary/aromatic N) is 4. The fourth-order valence-electron chi connectivity index (χ4n) is 4.60. The number of thiazole rings is 1. The fourth-order valence-corrected chi connectivity index (χ4v) is 5.80. The minimum absolute atomic E-state index is 0.0874. The number of aromatic nitrogens is 3. The van der Waals surface area contributed by atoms with Gasteiger partial charge in [0, 0.05) is 30.6 Å². The summed E-state index contributed by atoms with van der Waals surface area (Å²) in [5, 5.41) is 5.92. The van der Waals surface area contributed by atoms with E-state index in [0.29, 0.717) is 5.92 Å². The van der Waals surface area contributed by atoms with Gasteiger partial charge in [0.1, 0.15) is 0 Å². The van der Waals surface area contributed by atoms with Crippen LogP contribution < -0.4 is 10.5 Å². The second-order valence-electron chi connectivity index (χ2n) is 7.99. The normalized spacial score (nSPS) is 20.2. The number of rotatable bonds is 3. The van der Waals surface area contributed by atoms with Crippen LogP contribution in [0, 0.1) is 5.92 Å². The zero-order valence-corrected chi connectivity index (χ0v) is 16.1. The van der Waals surface area contributed by atoms with Crippen molar-refractivity contribution in [3.8, 4) is 0 Å². The van der Waals surface area contributed by atoms with Gasteiger partial charge in [-0.1, -0.05) is 0 Å². The lowest BCUT2D eigenvalue weighted by atomic mass is 9.96. The minimum Gasteiger partial charge on any atom is -0.348 e. The van der Waals surface area contributed by atoms with E-state index in [4.69, 9.17) is 10.1 Å². The molecular weight excluding hydrogens is 344 g/mol. The van der Waals surface area contributed by atoms with E-state index in [9.17, 15) is 4.79 Å². The highest BCUT2D eigenvalue weighted by molar-refractivity contribution is 7.15. The molecular formula is C20H26N4OS. The number of piperidine rings is 1. The lowest BCUT2D eigenvalue weighted by Crippen LogP contribution is -2.37. The number of hydrogen-bond donors (Lipinski definition) is 0. The Morgan fingerprint density at radius 1 is 1.04 bits per heavy atom. The molecule has 6 heteroatoms. The van der Waals surface area contributed by atoms with Gasteiger partial charge in [0.15, 0.2) is 5.13 Å². The van der Waals surface area contributed by atoms with E-state index >= 15 is 0 Å². The molecule has 0 bridgehead atoms. The van der Waals surface area contributed by atoms with Crippen LogP contribution in [-0.4, -0.2) is 27.9 Å². The highest BCUT2D eigenvalue weighted by Gasteiger charge is 2.25. The van der Waals surface area contributed by atoms with Gasteiger partial charge in [0.05, 0.1) is 11.4 Å². The molecule has 2 aromatic heterocycles. The molecule has 1 saturated heterocycles. The van der Waals surface area contributed by atoms with Crippen LogP contribution in [0.2, 0.25) is 0 Å². The SMILES string of the molecule is O=c1cc2c(nn1CC1CCN(c3nc4c(s3)CCC4)CC1)CCCC2. The van der Waals surface area contributed by atoms with E-state index in [1.807, 2.05) is 17.4 Å². The highest BCUT2D eigenvalue weighted by atomic mass is 32.1. The Labute approximate surface area is 158 Å². The number of aryl methyl sites for hydroxylation is 4. The minimum atomic E-state index is 0.0874. The topological polar surface area (TPSA) is 51.0 Å². The summed E-state index contributed by atoms with van der Waals surface area (Å²) >= 11 is 1.90. The smallest absolute Gasteiger partial charge is 0.267 e. The monoisotopic (exact) mass is 370 g/mol. The predicted molar refractivity (Wildman–Crippen MR) is 104 cm³/mol. The van der Waals surface area contributed by atoms with Gasteiger partial charge in [-0.3, -0.25) is 4.79 Å². The van der Waals surface area contributed by atoms with Crippen molar-refractivity contribution in [1.29, 1.82) is 0 Å². The maximum absolute atomic E-state index is 12.4. The Morgan fingerprint density at radius 3 is 2.69 bits per heavy atom. The highest BCUT2D eigenvalue weighted by Crippen LogP contribution is 2.34. The second-order valence-corrected chi connectivity index (χ2v) is 9.06. The molecule has 2 aliphatic carbocycles. The molecule has 0 unspecified atom stereocenters. The quantitative estimate of drug-likeness (QED) is 0.833. The van der Waals surface area contributed by atoms with Crippen LogP contribution in [0.15, 0.2) is 10.9 Å². The van der Waals surface area contributed by atoms with Crippen molar-refractivity contribution in [3.05, 3.63) is 38.2 Å². The number of fused-ring (bicyclic) bond motifs is 2. The summed E-state index contributed by atoms with van der Waals surface area (Å²) in [7, 11) is 0. The Balaban J connectivity index is 1.24. The molecule has 0 amide bonds. The molecule has 1 aliphatic heterocycles. The number of anilines is 1. The molecule has 0 N–H and O–H groups in total. The van der Waals surface area contributed by atoms with E-state index in [2.05, 4.69) is 4.90 Å². The van der Waals surface area contributed by atoms with Crippen molar-refractivity contribution in [2.75, 3.05) is 18.0 Å².